The number of carbonyl (C=O) groups excluding carboxylic acids is 1. The van der Waals surface area contributed by atoms with E-state index in [1.54, 1.807) is 6.20 Å². The molecule has 2 aliphatic rings. The molecule has 0 spiro atoms. The normalized spacial score (nSPS) is 19.0. The summed E-state index contributed by atoms with van der Waals surface area (Å²) < 4.78 is 1.92. The van der Waals surface area contributed by atoms with Gasteiger partial charge in [-0.2, -0.15) is 5.10 Å². The number of benzene rings is 1. The molecule has 3 aromatic rings. The summed E-state index contributed by atoms with van der Waals surface area (Å²) in [5.41, 5.74) is 3.77. The molecule has 6 heteroatoms. The summed E-state index contributed by atoms with van der Waals surface area (Å²) in [7, 11) is 0. The highest BCUT2D eigenvalue weighted by Crippen LogP contribution is 2.41. The van der Waals surface area contributed by atoms with Gasteiger partial charge in [-0.3, -0.25) is 4.79 Å². The number of carbonyl (C=O) groups is 1. The molecule has 28 heavy (non-hydrogen) atoms. The molecule has 1 N–H and O–H groups in total. The minimum atomic E-state index is -0.0238. The largest absolute Gasteiger partial charge is 0.345 e. The van der Waals surface area contributed by atoms with Crippen LogP contribution in [0.4, 0.5) is 0 Å². The van der Waals surface area contributed by atoms with Crippen LogP contribution in [0.25, 0.3) is 11.0 Å². The molecular formula is C22H24N4OS. The molecule has 0 bridgehead atoms. The number of pyridine rings is 1. The Morgan fingerprint density at radius 3 is 2.86 bits per heavy atom. The second-order valence-corrected chi connectivity index (χ2v) is 9.13. The number of aromatic nitrogens is 3. The summed E-state index contributed by atoms with van der Waals surface area (Å²) in [5.74, 6) is 1.48. The van der Waals surface area contributed by atoms with Crippen molar-refractivity contribution < 1.29 is 4.79 Å². The average molecular weight is 393 g/mol. The van der Waals surface area contributed by atoms with Gasteiger partial charge in [-0.15, -0.1) is 11.8 Å². The van der Waals surface area contributed by atoms with Gasteiger partial charge in [0.1, 0.15) is 0 Å². The van der Waals surface area contributed by atoms with Crippen LogP contribution in [0.2, 0.25) is 0 Å². The molecule has 1 aliphatic heterocycles. The Bertz CT molecular complexity index is 1050. The van der Waals surface area contributed by atoms with Crippen molar-refractivity contribution in [2.45, 2.75) is 56.0 Å². The van der Waals surface area contributed by atoms with E-state index in [-0.39, 0.29) is 18.0 Å². The maximum Gasteiger partial charge on any atom is 0.252 e. The summed E-state index contributed by atoms with van der Waals surface area (Å²) in [6.07, 6.45) is 5.05. The average Bonchev–Trinajstić information content (AvgIpc) is 3.46. The maximum atomic E-state index is 13.3. The van der Waals surface area contributed by atoms with Crippen molar-refractivity contribution in [1.82, 2.24) is 20.1 Å². The van der Waals surface area contributed by atoms with Crippen LogP contribution in [0, 0.1) is 0 Å². The number of rotatable bonds is 4. The Labute approximate surface area is 168 Å². The van der Waals surface area contributed by atoms with E-state index in [1.165, 1.54) is 10.5 Å². The predicted octanol–water partition coefficient (Wildman–Crippen LogP) is 4.86. The monoisotopic (exact) mass is 392 g/mol. The van der Waals surface area contributed by atoms with Gasteiger partial charge in [-0.05, 0) is 50.8 Å². The van der Waals surface area contributed by atoms with Gasteiger partial charge in [0, 0.05) is 28.3 Å². The van der Waals surface area contributed by atoms with Gasteiger partial charge in [0.2, 0.25) is 0 Å². The molecule has 1 fully saturated rings. The standard InChI is InChI=1S/C22H24N4OS/c1-13(2)26-21-17(12-23-26)16(11-19(24-21)14-7-8-14)22(27)25-18-9-10-28-20-6-4-3-5-15(18)20/h3-6,11-14,18H,7-10H2,1-2H3,(H,25,27). The molecule has 1 aliphatic carbocycles. The van der Waals surface area contributed by atoms with E-state index in [2.05, 4.69) is 42.5 Å². The van der Waals surface area contributed by atoms with Crippen molar-refractivity contribution in [1.29, 1.82) is 0 Å². The van der Waals surface area contributed by atoms with Gasteiger partial charge in [0.05, 0.1) is 23.2 Å². The molecule has 0 radical (unpaired) electrons. The summed E-state index contributed by atoms with van der Waals surface area (Å²) >= 11 is 1.86. The first-order chi connectivity index (χ1) is 13.6. The van der Waals surface area contributed by atoms with Crippen molar-refractivity contribution in [2.24, 2.45) is 0 Å². The van der Waals surface area contributed by atoms with Gasteiger partial charge in [-0.25, -0.2) is 9.67 Å². The van der Waals surface area contributed by atoms with Gasteiger partial charge in [0.25, 0.3) is 5.91 Å². The smallest absolute Gasteiger partial charge is 0.252 e. The number of hydrogen-bond acceptors (Lipinski definition) is 4. The first-order valence-corrected chi connectivity index (χ1v) is 11.0. The lowest BCUT2D eigenvalue weighted by atomic mass is 10.0. The molecule has 0 saturated heterocycles. The Morgan fingerprint density at radius 2 is 2.07 bits per heavy atom. The SMILES string of the molecule is CC(C)n1ncc2c(C(=O)NC3CCSc4ccccc43)cc(C3CC3)nc21. The van der Waals surface area contributed by atoms with Crippen molar-refractivity contribution in [3.63, 3.8) is 0 Å². The Hall–Kier alpha value is -2.34. The summed E-state index contributed by atoms with van der Waals surface area (Å²) in [5, 5.41) is 8.65. The van der Waals surface area contributed by atoms with Crippen LogP contribution >= 0.6 is 11.8 Å². The fraction of sp³-hybridized carbons (Fsp3) is 0.409. The molecule has 3 heterocycles. The number of hydrogen-bond donors (Lipinski definition) is 1. The van der Waals surface area contributed by atoms with E-state index in [0.29, 0.717) is 11.5 Å². The number of fused-ring (bicyclic) bond motifs is 2. The van der Waals surface area contributed by atoms with Gasteiger partial charge >= 0.3 is 0 Å². The zero-order valence-electron chi connectivity index (χ0n) is 16.2. The second-order valence-electron chi connectivity index (χ2n) is 7.99. The molecular weight excluding hydrogens is 368 g/mol. The third-order valence-corrected chi connectivity index (χ3v) is 6.70. The van der Waals surface area contributed by atoms with Crippen molar-refractivity contribution in [2.75, 3.05) is 5.75 Å². The van der Waals surface area contributed by atoms with Crippen LogP contribution in [0.3, 0.4) is 0 Å². The summed E-state index contributed by atoms with van der Waals surface area (Å²) in [4.78, 5) is 19.5. The topological polar surface area (TPSA) is 59.8 Å². The summed E-state index contributed by atoms with van der Waals surface area (Å²) in [6, 6.07) is 10.6. The Kier molecular flexibility index (Phi) is 4.38. The summed E-state index contributed by atoms with van der Waals surface area (Å²) in [6.45, 7) is 4.18. The molecule has 144 valence electrons. The first-order valence-electron chi connectivity index (χ1n) is 10.0. The fourth-order valence-electron chi connectivity index (χ4n) is 3.92. The van der Waals surface area contributed by atoms with Crippen molar-refractivity contribution in [3.05, 3.63) is 53.3 Å². The zero-order chi connectivity index (χ0) is 19.3. The number of thioether (sulfide) groups is 1. The van der Waals surface area contributed by atoms with Gasteiger partial charge in [-0.1, -0.05) is 18.2 Å². The van der Waals surface area contributed by atoms with Crippen molar-refractivity contribution in [3.8, 4) is 0 Å². The number of nitrogens with zero attached hydrogens (tertiary/aromatic N) is 3. The fourth-order valence-corrected chi connectivity index (χ4v) is 5.04. The van der Waals surface area contributed by atoms with E-state index >= 15 is 0 Å². The lowest BCUT2D eigenvalue weighted by Crippen LogP contribution is -2.31. The van der Waals surface area contributed by atoms with E-state index in [4.69, 9.17) is 4.98 Å². The Balaban J connectivity index is 1.53. The molecule has 1 saturated carbocycles. The highest BCUT2D eigenvalue weighted by atomic mass is 32.2. The minimum absolute atomic E-state index is 0.0238. The van der Waals surface area contributed by atoms with Crippen LogP contribution in [-0.4, -0.2) is 26.4 Å². The van der Waals surface area contributed by atoms with E-state index in [1.807, 2.05) is 28.6 Å². The maximum absolute atomic E-state index is 13.3. The lowest BCUT2D eigenvalue weighted by molar-refractivity contribution is 0.0936. The van der Waals surface area contributed by atoms with Gasteiger partial charge in [0.15, 0.2) is 5.65 Å². The highest BCUT2D eigenvalue weighted by Gasteiger charge is 2.29. The number of amides is 1. The molecule has 5 rings (SSSR count). The molecule has 2 aromatic heterocycles. The minimum Gasteiger partial charge on any atom is -0.345 e. The van der Waals surface area contributed by atoms with Crippen molar-refractivity contribution >= 4 is 28.7 Å². The van der Waals surface area contributed by atoms with Crippen LogP contribution < -0.4 is 5.32 Å². The van der Waals surface area contributed by atoms with E-state index in [9.17, 15) is 4.79 Å². The zero-order valence-corrected chi connectivity index (χ0v) is 17.0. The van der Waals surface area contributed by atoms with Crippen LogP contribution in [-0.2, 0) is 0 Å². The third kappa shape index (κ3) is 3.09. The van der Waals surface area contributed by atoms with E-state index in [0.717, 1.165) is 41.7 Å². The molecule has 1 atom stereocenters. The highest BCUT2D eigenvalue weighted by molar-refractivity contribution is 7.99. The predicted molar refractivity (Wildman–Crippen MR) is 112 cm³/mol. The lowest BCUT2D eigenvalue weighted by Gasteiger charge is -2.26. The van der Waals surface area contributed by atoms with Crippen LogP contribution in [0.1, 0.15) is 72.7 Å². The molecule has 1 amide bonds. The molecule has 1 unspecified atom stereocenters. The second kappa shape index (κ2) is 6.92. The Morgan fingerprint density at radius 1 is 1.25 bits per heavy atom. The van der Waals surface area contributed by atoms with Crippen LogP contribution in [0.15, 0.2) is 41.4 Å². The third-order valence-electron chi connectivity index (χ3n) is 5.58. The first kappa shape index (κ1) is 17.7. The van der Waals surface area contributed by atoms with E-state index < -0.39 is 0 Å². The quantitative estimate of drug-likeness (QED) is 0.689. The van der Waals surface area contributed by atoms with Gasteiger partial charge < -0.3 is 5.32 Å². The van der Waals surface area contributed by atoms with Crippen LogP contribution in [0.5, 0.6) is 0 Å². The molecule has 1 aromatic carbocycles. The number of nitrogens with one attached hydrogen (secondary N) is 1. The molecule has 5 nitrogen and oxygen atoms in total.